The van der Waals surface area contributed by atoms with Crippen LogP contribution in [0.4, 0.5) is 5.69 Å². The van der Waals surface area contributed by atoms with Crippen LogP contribution in [0.2, 0.25) is 5.15 Å². The van der Waals surface area contributed by atoms with Crippen LogP contribution in [-0.2, 0) is 16.0 Å². The number of nitrogens with one attached hydrogen (secondary N) is 2. The number of para-hydroxylation sites is 1. The molecule has 0 spiro atoms. The van der Waals surface area contributed by atoms with Crippen LogP contribution in [0, 0.1) is 0 Å². The summed E-state index contributed by atoms with van der Waals surface area (Å²) in [5.41, 5.74) is 1.78. The normalized spacial score (nSPS) is 10.1. The van der Waals surface area contributed by atoms with Gasteiger partial charge in [-0.1, -0.05) is 36.7 Å². The van der Waals surface area contributed by atoms with Crippen LogP contribution in [0.3, 0.4) is 0 Å². The number of benzene rings is 1. The maximum absolute atomic E-state index is 11.9. The molecule has 2 aromatic rings. The Morgan fingerprint density at radius 2 is 1.96 bits per heavy atom. The molecule has 0 radical (unpaired) electrons. The molecule has 0 aliphatic heterocycles. The molecule has 0 fully saturated rings. The number of aryl methyl sites for hydroxylation is 1. The van der Waals surface area contributed by atoms with Crippen LogP contribution in [-0.4, -0.2) is 29.9 Å². The Morgan fingerprint density at radius 3 is 2.71 bits per heavy atom. The smallest absolute Gasteiger partial charge is 0.258 e. The highest BCUT2D eigenvalue weighted by Crippen LogP contribution is 2.19. The lowest BCUT2D eigenvalue weighted by atomic mass is 10.1. The fourth-order valence-corrected chi connectivity index (χ4v) is 2.17. The van der Waals surface area contributed by atoms with Crippen molar-refractivity contribution in [2.24, 2.45) is 0 Å². The summed E-state index contributed by atoms with van der Waals surface area (Å²) in [5, 5.41) is 5.44. The van der Waals surface area contributed by atoms with E-state index in [9.17, 15) is 9.59 Å². The van der Waals surface area contributed by atoms with Gasteiger partial charge < -0.3 is 15.4 Å². The number of anilines is 1. The van der Waals surface area contributed by atoms with E-state index < -0.39 is 5.91 Å². The number of nitrogens with zero attached hydrogens (tertiary/aromatic N) is 1. The molecule has 0 atom stereocenters. The van der Waals surface area contributed by atoms with Gasteiger partial charge in [0.15, 0.2) is 17.5 Å². The molecule has 6 nitrogen and oxygen atoms in total. The third kappa shape index (κ3) is 5.24. The third-order valence-corrected chi connectivity index (χ3v) is 3.49. The van der Waals surface area contributed by atoms with Crippen molar-refractivity contribution in [1.82, 2.24) is 10.3 Å². The number of hydrogen-bond acceptors (Lipinski definition) is 4. The van der Waals surface area contributed by atoms with E-state index in [0.717, 1.165) is 17.7 Å². The predicted octanol–water partition coefficient (Wildman–Crippen LogP) is 2.43. The first-order valence-electron chi connectivity index (χ1n) is 7.48. The monoisotopic (exact) mass is 347 g/mol. The summed E-state index contributed by atoms with van der Waals surface area (Å²) < 4.78 is 5.25. The third-order valence-electron chi connectivity index (χ3n) is 3.20. The number of rotatable bonds is 7. The average molecular weight is 348 g/mol. The Morgan fingerprint density at radius 1 is 1.17 bits per heavy atom. The molecule has 1 aromatic carbocycles. The molecule has 0 unspecified atom stereocenters. The molecular weight excluding hydrogens is 330 g/mol. The van der Waals surface area contributed by atoms with Crippen LogP contribution < -0.4 is 15.4 Å². The number of hydrogen-bond donors (Lipinski definition) is 2. The molecule has 0 aliphatic rings. The van der Waals surface area contributed by atoms with Gasteiger partial charge in [-0.15, -0.1) is 0 Å². The van der Waals surface area contributed by atoms with Gasteiger partial charge in [0.2, 0.25) is 5.91 Å². The number of halogens is 1. The fourth-order valence-electron chi connectivity index (χ4n) is 2.00. The standard InChI is InChI=1S/C17H18ClN3O3/c1-2-12-6-3-4-7-13(12)21-15(22)10-20-16(23)11-24-14-8-5-9-19-17(14)18/h3-9H,2,10-11H2,1H3,(H,20,23)(H,21,22). The molecule has 0 aliphatic carbocycles. The quantitative estimate of drug-likeness (QED) is 0.754. The second kappa shape index (κ2) is 8.88. The largest absolute Gasteiger partial charge is 0.481 e. The van der Waals surface area contributed by atoms with Gasteiger partial charge in [-0.3, -0.25) is 9.59 Å². The van der Waals surface area contributed by atoms with E-state index in [4.69, 9.17) is 16.3 Å². The topological polar surface area (TPSA) is 80.3 Å². The van der Waals surface area contributed by atoms with Gasteiger partial charge in [-0.05, 0) is 30.2 Å². The first-order chi connectivity index (χ1) is 11.6. The minimum absolute atomic E-state index is 0.138. The van der Waals surface area contributed by atoms with E-state index >= 15 is 0 Å². The molecule has 24 heavy (non-hydrogen) atoms. The van der Waals surface area contributed by atoms with Gasteiger partial charge in [-0.25, -0.2) is 4.98 Å². The second-order valence-corrected chi connectivity index (χ2v) is 5.27. The maximum Gasteiger partial charge on any atom is 0.258 e. The second-order valence-electron chi connectivity index (χ2n) is 4.92. The van der Waals surface area contributed by atoms with Gasteiger partial charge in [0.25, 0.3) is 5.91 Å². The number of pyridine rings is 1. The molecule has 2 rings (SSSR count). The van der Waals surface area contributed by atoms with E-state index in [2.05, 4.69) is 15.6 Å². The van der Waals surface area contributed by atoms with Gasteiger partial charge in [-0.2, -0.15) is 0 Å². The molecule has 7 heteroatoms. The molecule has 1 heterocycles. The molecule has 2 amide bonds. The lowest BCUT2D eigenvalue weighted by molar-refractivity contribution is -0.125. The van der Waals surface area contributed by atoms with Crippen molar-refractivity contribution >= 4 is 29.1 Å². The fraction of sp³-hybridized carbons (Fsp3) is 0.235. The first kappa shape index (κ1) is 17.7. The van der Waals surface area contributed by atoms with Crippen molar-refractivity contribution in [1.29, 1.82) is 0 Å². The zero-order valence-electron chi connectivity index (χ0n) is 13.2. The van der Waals surface area contributed by atoms with Crippen molar-refractivity contribution in [2.75, 3.05) is 18.5 Å². The predicted molar refractivity (Wildman–Crippen MR) is 92.2 cm³/mol. The molecule has 126 valence electrons. The summed E-state index contributed by atoms with van der Waals surface area (Å²) in [5.74, 6) is -0.409. The lowest BCUT2D eigenvalue weighted by Crippen LogP contribution is -2.35. The van der Waals surface area contributed by atoms with E-state index in [1.165, 1.54) is 6.20 Å². The Kier molecular flexibility index (Phi) is 6.57. The van der Waals surface area contributed by atoms with Crippen molar-refractivity contribution in [3.05, 3.63) is 53.3 Å². The Hall–Kier alpha value is -2.60. The summed E-state index contributed by atoms with van der Waals surface area (Å²) in [6.07, 6.45) is 2.33. The van der Waals surface area contributed by atoms with Crippen LogP contribution in [0.1, 0.15) is 12.5 Å². The molecular formula is C17H18ClN3O3. The van der Waals surface area contributed by atoms with Crippen LogP contribution in [0.15, 0.2) is 42.6 Å². The Labute approximate surface area is 145 Å². The van der Waals surface area contributed by atoms with E-state index in [1.54, 1.807) is 12.1 Å². The summed E-state index contributed by atoms with van der Waals surface area (Å²) in [7, 11) is 0. The average Bonchev–Trinajstić information content (AvgIpc) is 2.59. The highest BCUT2D eigenvalue weighted by molar-refractivity contribution is 6.30. The van der Waals surface area contributed by atoms with E-state index in [-0.39, 0.29) is 24.2 Å². The van der Waals surface area contributed by atoms with Crippen molar-refractivity contribution < 1.29 is 14.3 Å². The van der Waals surface area contributed by atoms with E-state index in [1.807, 2.05) is 31.2 Å². The molecule has 2 N–H and O–H groups in total. The highest BCUT2D eigenvalue weighted by Gasteiger charge is 2.09. The number of carbonyl (C=O) groups excluding carboxylic acids is 2. The Bertz CT molecular complexity index is 722. The zero-order valence-corrected chi connectivity index (χ0v) is 14.0. The summed E-state index contributed by atoms with van der Waals surface area (Å²) in [6.45, 7) is 1.62. The van der Waals surface area contributed by atoms with Crippen molar-refractivity contribution in [2.45, 2.75) is 13.3 Å². The number of amides is 2. The first-order valence-corrected chi connectivity index (χ1v) is 7.85. The maximum atomic E-state index is 11.9. The van der Waals surface area contributed by atoms with E-state index in [0.29, 0.717) is 5.75 Å². The van der Waals surface area contributed by atoms with Crippen molar-refractivity contribution in [3.63, 3.8) is 0 Å². The Balaban J connectivity index is 1.77. The summed E-state index contributed by atoms with van der Waals surface area (Å²) in [6, 6.07) is 10.8. The van der Waals surface area contributed by atoms with Gasteiger partial charge in [0.1, 0.15) is 0 Å². The number of aromatic nitrogens is 1. The van der Waals surface area contributed by atoms with Gasteiger partial charge in [0.05, 0.1) is 6.54 Å². The SMILES string of the molecule is CCc1ccccc1NC(=O)CNC(=O)COc1cccnc1Cl. The van der Waals surface area contributed by atoms with Crippen LogP contribution in [0.25, 0.3) is 0 Å². The molecule has 0 saturated heterocycles. The van der Waals surface area contributed by atoms with Crippen LogP contribution in [0.5, 0.6) is 5.75 Å². The van der Waals surface area contributed by atoms with Gasteiger partial charge in [0, 0.05) is 11.9 Å². The number of ether oxygens (including phenoxy) is 1. The molecule has 0 saturated carbocycles. The molecule has 1 aromatic heterocycles. The van der Waals surface area contributed by atoms with Crippen molar-refractivity contribution in [3.8, 4) is 5.75 Å². The highest BCUT2D eigenvalue weighted by atomic mass is 35.5. The molecule has 0 bridgehead atoms. The minimum atomic E-state index is -0.422. The van der Waals surface area contributed by atoms with Crippen LogP contribution >= 0.6 is 11.6 Å². The van der Waals surface area contributed by atoms with Gasteiger partial charge >= 0.3 is 0 Å². The number of carbonyl (C=O) groups is 2. The lowest BCUT2D eigenvalue weighted by Gasteiger charge is -2.11. The summed E-state index contributed by atoms with van der Waals surface area (Å²) in [4.78, 5) is 27.5. The summed E-state index contributed by atoms with van der Waals surface area (Å²) >= 11 is 5.82. The zero-order chi connectivity index (χ0) is 17.4. The minimum Gasteiger partial charge on any atom is -0.481 e.